The standard InChI is InChI=1S/C12H11BrN4O2/c1-16(8-9-2-4-10(13)5-3-9)12-14-6-11(7-15-12)17(18)19/h2-7H,8H2,1H3. The van der Waals surface area contributed by atoms with Crippen LogP contribution in [-0.2, 0) is 6.54 Å². The highest BCUT2D eigenvalue weighted by Crippen LogP contribution is 2.15. The van der Waals surface area contributed by atoms with Gasteiger partial charge >= 0.3 is 5.69 Å². The van der Waals surface area contributed by atoms with E-state index in [2.05, 4.69) is 25.9 Å². The molecule has 0 amide bonds. The molecule has 19 heavy (non-hydrogen) atoms. The van der Waals surface area contributed by atoms with Gasteiger partial charge in [-0.3, -0.25) is 10.1 Å². The summed E-state index contributed by atoms with van der Waals surface area (Å²) in [5, 5.41) is 10.5. The van der Waals surface area contributed by atoms with Gasteiger partial charge in [-0.05, 0) is 17.7 Å². The number of rotatable bonds is 4. The van der Waals surface area contributed by atoms with Crippen LogP contribution in [0.5, 0.6) is 0 Å². The molecule has 0 saturated heterocycles. The van der Waals surface area contributed by atoms with Crippen molar-refractivity contribution in [3.63, 3.8) is 0 Å². The van der Waals surface area contributed by atoms with Gasteiger partial charge in [-0.15, -0.1) is 0 Å². The van der Waals surface area contributed by atoms with Gasteiger partial charge in [0, 0.05) is 18.1 Å². The van der Waals surface area contributed by atoms with Crippen LogP contribution in [0, 0.1) is 10.1 Å². The van der Waals surface area contributed by atoms with Crippen molar-refractivity contribution in [1.29, 1.82) is 0 Å². The molecule has 0 atom stereocenters. The highest BCUT2D eigenvalue weighted by atomic mass is 79.9. The molecular weight excluding hydrogens is 312 g/mol. The molecule has 0 aliphatic rings. The summed E-state index contributed by atoms with van der Waals surface area (Å²) in [7, 11) is 1.84. The molecule has 1 aromatic carbocycles. The quantitative estimate of drug-likeness (QED) is 0.639. The topological polar surface area (TPSA) is 72.2 Å². The molecule has 0 saturated carbocycles. The predicted octanol–water partition coefficient (Wildman–Crippen LogP) is 2.78. The van der Waals surface area contributed by atoms with Gasteiger partial charge < -0.3 is 4.90 Å². The number of nitrogens with zero attached hydrogens (tertiary/aromatic N) is 4. The Hall–Kier alpha value is -2.02. The first-order valence-corrected chi connectivity index (χ1v) is 6.27. The van der Waals surface area contributed by atoms with Crippen molar-refractivity contribution in [1.82, 2.24) is 9.97 Å². The Morgan fingerprint density at radius 2 is 1.84 bits per heavy atom. The highest BCUT2D eigenvalue weighted by molar-refractivity contribution is 9.10. The summed E-state index contributed by atoms with van der Waals surface area (Å²) in [6.07, 6.45) is 2.42. The largest absolute Gasteiger partial charge is 0.340 e. The molecule has 2 aromatic rings. The third-order valence-corrected chi connectivity index (χ3v) is 3.04. The molecule has 98 valence electrons. The Balaban J connectivity index is 2.09. The minimum absolute atomic E-state index is 0.110. The number of anilines is 1. The van der Waals surface area contributed by atoms with Gasteiger partial charge in [0.05, 0.1) is 4.92 Å². The molecule has 0 unspecified atom stereocenters. The van der Waals surface area contributed by atoms with Crippen LogP contribution in [-0.4, -0.2) is 21.9 Å². The van der Waals surface area contributed by atoms with E-state index in [-0.39, 0.29) is 5.69 Å². The van der Waals surface area contributed by atoms with Crippen LogP contribution in [0.2, 0.25) is 0 Å². The number of aromatic nitrogens is 2. The maximum absolute atomic E-state index is 10.5. The lowest BCUT2D eigenvalue weighted by Gasteiger charge is -2.16. The summed E-state index contributed by atoms with van der Waals surface area (Å²) < 4.78 is 1.02. The van der Waals surface area contributed by atoms with E-state index in [1.165, 1.54) is 12.4 Å². The van der Waals surface area contributed by atoms with Crippen molar-refractivity contribution in [2.45, 2.75) is 6.54 Å². The van der Waals surface area contributed by atoms with Gasteiger partial charge in [0.1, 0.15) is 12.4 Å². The van der Waals surface area contributed by atoms with Crippen LogP contribution in [0.15, 0.2) is 41.1 Å². The van der Waals surface area contributed by atoms with E-state index in [4.69, 9.17) is 0 Å². The SMILES string of the molecule is CN(Cc1ccc(Br)cc1)c1ncc([N+](=O)[O-])cn1. The number of benzene rings is 1. The van der Waals surface area contributed by atoms with Gasteiger partial charge in [-0.25, -0.2) is 9.97 Å². The van der Waals surface area contributed by atoms with Crippen LogP contribution in [0.25, 0.3) is 0 Å². The Labute approximate surface area is 118 Å². The number of hydrogen-bond donors (Lipinski definition) is 0. The van der Waals surface area contributed by atoms with E-state index in [9.17, 15) is 10.1 Å². The molecule has 1 aromatic heterocycles. The van der Waals surface area contributed by atoms with Gasteiger partial charge in [-0.1, -0.05) is 28.1 Å². The lowest BCUT2D eigenvalue weighted by molar-refractivity contribution is -0.385. The molecule has 1 heterocycles. The molecule has 0 aliphatic carbocycles. The second-order valence-corrected chi connectivity index (χ2v) is 4.90. The van der Waals surface area contributed by atoms with Crippen molar-refractivity contribution < 1.29 is 4.92 Å². The first-order valence-electron chi connectivity index (χ1n) is 5.48. The van der Waals surface area contributed by atoms with Gasteiger partial charge in [0.15, 0.2) is 0 Å². The average Bonchev–Trinajstić information content (AvgIpc) is 2.41. The third-order valence-electron chi connectivity index (χ3n) is 2.51. The zero-order valence-corrected chi connectivity index (χ0v) is 11.7. The average molecular weight is 323 g/mol. The number of hydrogen-bond acceptors (Lipinski definition) is 5. The molecule has 0 spiro atoms. The van der Waals surface area contributed by atoms with Crippen molar-refractivity contribution in [2.24, 2.45) is 0 Å². The van der Waals surface area contributed by atoms with Crippen LogP contribution in [0.1, 0.15) is 5.56 Å². The van der Waals surface area contributed by atoms with Gasteiger partial charge in [-0.2, -0.15) is 0 Å². The van der Waals surface area contributed by atoms with Crippen LogP contribution in [0.4, 0.5) is 11.6 Å². The summed E-state index contributed by atoms with van der Waals surface area (Å²) in [6, 6.07) is 7.90. The summed E-state index contributed by atoms with van der Waals surface area (Å²) >= 11 is 3.38. The molecule has 0 bridgehead atoms. The lowest BCUT2D eigenvalue weighted by Crippen LogP contribution is -2.18. The van der Waals surface area contributed by atoms with E-state index in [0.29, 0.717) is 12.5 Å². The fourth-order valence-electron chi connectivity index (χ4n) is 1.54. The predicted molar refractivity (Wildman–Crippen MR) is 74.9 cm³/mol. The van der Waals surface area contributed by atoms with Crippen LogP contribution in [0.3, 0.4) is 0 Å². The van der Waals surface area contributed by atoms with Crippen molar-refractivity contribution in [2.75, 3.05) is 11.9 Å². The molecular formula is C12H11BrN4O2. The number of halogens is 1. The van der Waals surface area contributed by atoms with E-state index in [0.717, 1.165) is 10.0 Å². The van der Waals surface area contributed by atoms with Crippen molar-refractivity contribution in [3.8, 4) is 0 Å². The van der Waals surface area contributed by atoms with Gasteiger partial charge in [0.25, 0.3) is 0 Å². The molecule has 7 heteroatoms. The zero-order valence-electron chi connectivity index (χ0n) is 10.2. The summed E-state index contributed by atoms with van der Waals surface area (Å²) in [5.74, 6) is 0.452. The van der Waals surface area contributed by atoms with E-state index in [1.807, 2.05) is 36.2 Å². The summed E-state index contributed by atoms with van der Waals surface area (Å²) in [6.45, 7) is 0.630. The second-order valence-electron chi connectivity index (χ2n) is 3.98. The van der Waals surface area contributed by atoms with Gasteiger partial charge in [0.2, 0.25) is 5.95 Å². The molecule has 0 aliphatic heterocycles. The van der Waals surface area contributed by atoms with Crippen molar-refractivity contribution >= 4 is 27.6 Å². The molecule has 2 rings (SSSR count). The zero-order chi connectivity index (χ0) is 13.8. The van der Waals surface area contributed by atoms with E-state index < -0.39 is 4.92 Å². The highest BCUT2D eigenvalue weighted by Gasteiger charge is 2.09. The Kier molecular flexibility index (Phi) is 4.06. The maximum atomic E-state index is 10.5. The number of nitro groups is 1. The van der Waals surface area contributed by atoms with E-state index in [1.54, 1.807) is 0 Å². The monoisotopic (exact) mass is 322 g/mol. The molecule has 0 N–H and O–H groups in total. The minimum Gasteiger partial charge on any atom is -0.340 e. The first-order chi connectivity index (χ1) is 9.06. The van der Waals surface area contributed by atoms with Crippen molar-refractivity contribution in [3.05, 3.63) is 56.8 Å². The normalized spacial score (nSPS) is 10.2. The third kappa shape index (κ3) is 3.47. The second kappa shape index (κ2) is 5.75. The first kappa shape index (κ1) is 13.4. The van der Waals surface area contributed by atoms with Crippen LogP contribution < -0.4 is 4.90 Å². The Morgan fingerprint density at radius 1 is 1.26 bits per heavy atom. The minimum atomic E-state index is -0.515. The summed E-state index contributed by atoms with van der Waals surface area (Å²) in [5.41, 5.74) is 0.994. The maximum Gasteiger partial charge on any atom is 0.305 e. The lowest BCUT2D eigenvalue weighted by atomic mass is 10.2. The molecule has 0 radical (unpaired) electrons. The van der Waals surface area contributed by atoms with Crippen LogP contribution >= 0.6 is 15.9 Å². The molecule has 0 fully saturated rings. The Morgan fingerprint density at radius 3 is 2.37 bits per heavy atom. The van der Waals surface area contributed by atoms with E-state index >= 15 is 0 Å². The fourth-order valence-corrected chi connectivity index (χ4v) is 1.80. The fraction of sp³-hybridized carbons (Fsp3) is 0.167. The smallest absolute Gasteiger partial charge is 0.305 e. The summed E-state index contributed by atoms with van der Waals surface area (Å²) in [4.78, 5) is 19.8. The molecule has 6 nitrogen and oxygen atoms in total. The Bertz CT molecular complexity index is 571.